The number of hydrogen-bond donors (Lipinski definition) is 3. The molecule has 0 fully saturated rings. The van der Waals surface area contributed by atoms with Crippen LogP contribution < -0.4 is 0 Å². The lowest BCUT2D eigenvalue weighted by Crippen LogP contribution is -1.86. The number of aromatic hydroxyl groups is 2. The SMILES string of the molecule is Cc1cc(-c2[nH]ncc2-c2cscn2)c(O)cc1O. The average Bonchev–Trinajstić information content (AvgIpc) is 3.03. The van der Waals surface area contributed by atoms with Crippen LogP contribution in [0.2, 0.25) is 0 Å². The molecular formula is C13H11N3O2S. The minimum atomic E-state index is 0.00355. The molecule has 19 heavy (non-hydrogen) atoms. The maximum atomic E-state index is 9.98. The van der Waals surface area contributed by atoms with Crippen LogP contribution in [0.15, 0.2) is 29.2 Å². The number of thiazole rings is 1. The van der Waals surface area contributed by atoms with Crippen LogP contribution in [0.25, 0.3) is 22.5 Å². The van der Waals surface area contributed by atoms with Gasteiger partial charge in [0.25, 0.3) is 0 Å². The van der Waals surface area contributed by atoms with Gasteiger partial charge >= 0.3 is 0 Å². The molecule has 5 nitrogen and oxygen atoms in total. The molecule has 0 amide bonds. The van der Waals surface area contributed by atoms with Crippen LogP contribution >= 0.6 is 11.3 Å². The maximum absolute atomic E-state index is 9.98. The number of phenolic OH excluding ortho intramolecular Hbond substituents is 2. The van der Waals surface area contributed by atoms with Crippen molar-refractivity contribution in [2.24, 2.45) is 0 Å². The van der Waals surface area contributed by atoms with Crippen molar-refractivity contribution in [1.29, 1.82) is 0 Å². The van der Waals surface area contributed by atoms with E-state index < -0.39 is 0 Å². The van der Waals surface area contributed by atoms with E-state index in [0.29, 0.717) is 16.8 Å². The van der Waals surface area contributed by atoms with E-state index in [9.17, 15) is 10.2 Å². The average molecular weight is 273 g/mol. The molecule has 96 valence electrons. The van der Waals surface area contributed by atoms with Crippen molar-refractivity contribution in [3.05, 3.63) is 34.8 Å². The van der Waals surface area contributed by atoms with Crippen LogP contribution in [0.1, 0.15) is 5.56 Å². The van der Waals surface area contributed by atoms with Gasteiger partial charge in [-0.1, -0.05) is 0 Å². The first-order valence-electron chi connectivity index (χ1n) is 5.61. The molecule has 0 unspecified atom stereocenters. The molecule has 2 aromatic heterocycles. The van der Waals surface area contributed by atoms with Gasteiger partial charge in [0, 0.05) is 22.6 Å². The summed E-state index contributed by atoms with van der Waals surface area (Å²) >= 11 is 1.50. The van der Waals surface area contributed by atoms with Gasteiger partial charge in [-0.25, -0.2) is 4.98 Å². The fraction of sp³-hybridized carbons (Fsp3) is 0.0769. The van der Waals surface area contributed by atoms with Gasteiger partial charge in [-0.05, 0) is 18.6 Å². The molecule has 1 aromatic carbocycles. The summed E-state index contributed by atoms with van der Waals surface area (Å²) in [6, 6.07) is 3.05. The van der Waals surface area contributed by atoms with E-state index in [1.165, 1.54) is 17.4 Å². The second kappa shape index (κ2) is 4.40. The fourth-order valence-corrected chi connectivity index (χ4v) is 2.47. The molecule has 0 aliphatic carbocycles. The summed E-state index contributed by atoms with van der Waals surface area (Å²) in [5.41, 5.74) is 5.34. The Balaban J connectivity index is 2.19. The standard InChI is InChI=1S/C13H11N3O2S/c1-7-2-8(12(18)3-11(7)17)13-9(4-15-16-13)10-5-19-6-14-10/h2-6,17-18H,1H3,(H,15,16). The lowest BCUT2D eigenvalue weighted by Gasteiger charge is -2.07. The Bertz CT molecular complexity index is 720. The Hall–Kier alpha value is -2.34. The van der Waals surface area contributed by atoms with Crippen molar-refractivity contribution >= 4 is 11.3 Å². The molecule has 3 aromatic rings. The van der Waals surface area contributed by atoms with Crippen LogP contribution in [0.5, 0.6) is 11.5 Å². The van der Waals surface area contributed by atoms with Crippen LogP contribution in [-0.4, -0.2) is 25.4 Å². The molecule has 0 saturated carbocycles. The number of H-pyrrole nitrogens is 1. The van der Waals surface area contributed by atoms with Crippen molar-refractivity contribution in [3.8, 4) is 34.0 Å². The second-order valence-corrected chi connectivity index (χ2v) is 4.91. The molecular weight excluding hydrogens is 262 g/mol. The van der Waals surface area contributed by atoms with E-state index in [1.54, 1.807) is 24.7 Å². The summed E-state index contributed by atoms with van der Waals surface area (Å²) in [6.45, 7) is 1.77. The van der Waals surface area contributed by atoms with E-state index in [-0.39, 0.29) is 11.5 Å². The maximum Gasteiger partial charge on any atom is 0.128 e. The Morgan fingerprint density at radius 2 is 2.00 bits per heavy atom. The van der Waals surface area contributed by atoms with Gasteiger partial charge in [-0.15, -0.1) is 11.3 Å². The first-order valence-corrected chi connectivity index (χ1v) is 6.56. The zero-order valence-corrected chi connectivity index (χ0v) is 10.9. The van der Waals surface area contributed by atoms with Crippen molar-refractivity contribution in [3.63, 3.8) is 0 Å². The number of nitrogens with one attached hydrogen (secondary N) is 1. The zero-order chi connectivity index (χ0) is 13.4. The molecule has 0 radical (unpaired) electrons. The number of phenols is 2. The number of hydrogen-bond acceptors (Lipinski definition) is 5. The molecule has 3 rings (SSSR count). The van der Waals surface area contributed by atoms with Gasteiger partial charge in [0.1, 0.15) is 11.5 Å². The predicted molar refractivity (Wildman–Crippen MR) is 73.2 cm³/mol. The minimum absolute atomic E-state index is 0.00355. The molecule has 0 aliphatic heterocycles. The molecule has 0 saturated heterocycles. The van der Waals surface area contributed by atoms with Crippen LogP contribution in [0.3, 0.4) is 0 Å². The third-order valence-electron chi connectivity index (χ3n) is 2.93. The van der Waals surface area contributed by atoms with Gasteiger partial charge in [0.05, 0.1) is 23.1 Å². The van der Waals surface area contributed by atoms with Gasteiger partial charge in [-0.2, -0.15) is 5.10 Å². The molecule has 2 heterocycles. The highest BCUT2D eigenvalue weighted by molar-refractivity contribution is 7.07. The Kier molecular flexibility index (Phi) is 2.72. The minimum Gasteiger partial charge on any atom is -0.508 e. The van der Waals surface area contributed by atoms with Crippen molar-refractivity contribution in [2.45, 2.75) is 6.92 Å². The van der Waals surface area contributed by atoms with Gasteiger partial charge in [-0.3, -0.25) is 5.10 Å². The summed E-state index contributed by atoms with van der Waals surface area (Å²) in [4.78, 5) is 4.24. The number of aryl methyl sites for hydroxylation is 1. The predicted octanol–water partition coefficient (Wildman–Crippen LogP) is 2.92. The summed E-state index contributed by atoms with van der Waals surface area (Å²) in [5, 5.41) is 28.4. The van der Waals surface area contributed by atoms with Crippen LogP contribution in [0.4, 0.5) is 0 Å². The molecule has 3 N–H and O–H groups in total. The number of aromatic amines is 1. The first kappa shape index (κ1) is 11.7. The Morgan fingerprint density at radius 1 is 1.16 bits per heavy atom. The number of aromatic nitrogens is 3. The molecule has 0 aliphatic rings. The largest absolute Gasteiger partial charge is 0.508 e. The molecule has 0 spiro atoms. The Morgan fingerprint density at radius 3 is 2.74 bits per heavy atom. The van der Waals surface area contributed by atoms with Gasteiger partial charge in [0.2, 0.25) is 0 Å². The van der Waals surface area contributed by atoms with Crippen LogP contribution in [-0.2, 0) is 0 Å². The van der Waals surface area contributed by atoms with E-state index >= 15 is 0 Å². The number of nitrogens with zero attached hydrogens (tertiary/aromatic N) is 2. The monoisotopic (exact) mass is 273 g/mol. The smallest absolute Gasteiger partial charge is 0.128 e. The zero-order valence-electron chi connectivity index (χ0n) is 10.1. The van der Waals surface area contributed by atoms with Crippen LogP contribution in [0, 0.1) is 6.92 Å². The quantitative estimate of drug-likeness (QED) is 0.670. The van der Waals surface area contributed by atoms with E-state index in [1.807, 2.05) is 5.38 Å². The highest BCUT2D eigenvalue weighted by Gasteiger charge is 2.16. The topological polar surface area (TPSA) is 82.0 Å². The summed E-state index contributed by atoms with van der Waals surface area (Å²) in [7, 11) is 0. The lowest BCUT2D eigenvalue weighted by molar-refractivity contribution is 0.449. The fourth-order valence-electron chi connectivity index (χ4n) is 1.92. The molecule has 6 heteroatoms. The van der Waals surface area contributed by atoms with E-state index in [0.717, 1.165) is 11.3 Å². The first-order chi connectivity index (χ1) is 9.16. The summed E-state index contributed by atoms with van der Waals surface area (Å²) in [6.07, 6.45) is 1.67. The number of rotatable bonds is 2. The van der Waals surface area contributed by atoms with Crippen molar-refractivity contribution in [2.75, 3.05) is 0 Å². The van der Waals surface area contributed by atoms with Crippen molar-refractivity contribution < 1.29 is 10.2 Å². The van der Waals surface area contributed by atoms with Gasteiger partial charge < -0.3 is 10.2 Å². The summed E-state index contributed by atoms with van der Waals surface area (Å²) in [5.74, 6) is 0.0693. The van der Waals surface area contributed by atoms with Gasteiger partial charge in [0.15, 0.2) is 0 Å². The lowest BCUT2D eigenvalue weighted by atomic mass is 10.0. The highest BCUT2D eigenvalue weighted by atomic mass is 32.1. The number of benzene rings is 1. The molecule has 0 bridgehead atoms. The highest BCUT2D eigenvalue weighted by Crippen LogP contribution is 2.38. The second-order valence-electron chi connectivity index (χ2n) is 4.19. The molecule has 0 atom stereocenters. The normalized spacial score (nSPS) is 10.8. The Labute approximate surface area is 113 Å². The summed E-state index contributed by atoms with van der Waals surface area (Å²) < 4.78 is 0. The third-order valence-corrected chi connectivity index (χ3v) is 3.52. The van der Waals surface area contributed by atoms with E-state index in [2.05, 4.69) is 15.2 Å². The van der Waals surface area contributed by atoms with E-state index in [4.69, 9.17) is 0 Å². The third kappa shape index (κ3) is 1.96. The van der Waals surface area contributed by atoms with Crippen molar-refractivity contribution in [1.82, 2.24) is 15.2 Å².